The van der Waals surface area contributed by atoms with Gasteiger partial charge >= 0.3 is 0 Å². The first-order valence-electron chi connectivity index (χ1n) is 9.81. The van der Waals surface area contributed by atoms with Crippen molar-refractivity contribution in [1.82, 2.24) is 0 Å². The molecule has 1 heterocycles. The maximum absolute atomic E-state index is 13.5. The third-order valence-corrected chi connectivity index (χ3v) is 5.03. The Morgan fingerprint density at radius 3 is 2.28 bits per heavy atom. The van der Waals surface area contributed by atoms with Gasteiger partial charge in [0.15, 0.2) is 5.84 Å². The van der Waals surface area contributed by atoms with Crippen molar-refractivity contribution in [3.63, 3.8) is 0 Å². The smallest absolute Gasteiger partial charge is 0.282 e. The van der Waals surface area contributed by atoms with E-state index in [4.69, 9.17) is 14.2 Å². The van der Waals surface area contributed by atoms with E-state index in [1.54, 1.807) is 51.7 Å². The van der Waals surface area contributed by atoms with Gasteiger partial charge in [-0.25, -0.2) is 9.38 Å². The minimum absolute atomic E-state index is 0.207. The van der Waals surface area contributed by atoms with Gasteiger partial charge < -0.3 is 14.2 Å². The Bertz CT molecular complexity index is 1220. The lowest BCUT2D eigenvalue weighted by Crippen LogP contribution is -2.32. The quantitative estimate of drug-likeness (QED) is 0.531. The molecule has 1 aliphatic heterocycles. The van der Waals surface area contributed by atoms with Gasteiger partial charge in [-0.1, -0.05) is 12.1 Å². The van der Waals surface area contributed by atoms with Crippen molar-refractivity contribution < 1.29 is 23.4 Å². The fourth-order valence-corrected chi connectivity index (χ4v) is 3.44. The highest BCUT2D eigenvalue weighted by atomic mass is 19.1. The van der Waals surface area contributed by atoms with E-state index in [1.807, 2.05) is 18.2 Å². The Kier molecular flexibility index (Phi) is 5.89. The molecule has 0 radical (unpaired) electrons. The van der Waals surface area contributed by atoms with E-state index in [0.717, 1.165) is 0 Å². The van der Waals surface area contributed by atoms with Crippen LogP contribution in [0.2, 0.25) is 0 Å². The summed E-state index contributed by atoms with van der Waals surface area (Å²) in [6.07, 6.45) is 1.65. The van der Waals surface area contributed by atoms with Crippen LogP contribution in [0.5, 0.6) is 17.2 Å². The van der Waals surface area contributed by atoms with E-state index < -0.39 is 5.82 Å². The number of amides is 1. The maximum atomic E-state index is 13.5. The highest BCUT2D eigenvalue weighted by molar-refractivity contribution is 6.33. The van der Waals surface area contributed by atoms with Crippen LogP contribution in [0.25, 0.3) is 6.08 Å². The number of aliphatic imine (C=N–C) groups is 1. The normalized spacial score (nSPS) is 14.5. The van der Waals surface area contributed by atoms with Gasteiger partial charge in [-0.05, 0) is 54.6 Å². The minimum Gasteiger partial charge on any atom is -0.497 e. The van der Waals surface area contributed by atoms with Crippen LogP contribution in [0.15, 0.2) is 77.4 Å². The number of para-hydroxylation sites is 1. The SMILES string of the molecule is COc1ccc(/C=C2/N=C(c3ccccc3OC)N(c3ccc(F)cc3)C2=O)c(OC)c1. The van der Waals surface area contributed by atoms with Gasteiger partial charge in [0.2, 0.25) is 0 Å². The second-order valence-electron chi connectivity index (χ2n) is 6.89. The molecule has 4 rings (SSSR count). The van der Waals surface area contributed by atoms with E-state index in [0.29, 0.717) is 39.9 Å². The summed E-state index contributed by atoms with van der Waals surface area (Å²) in [6, 6.07) is 18.3. The van der Waals surface area contributed by atoms with Crippen LogP contribution in [0, 0.1) is 5.82 Å². The molecular weight excluding hydrogens is 411 g/mol. The molecule has 32 heavy (non-hydrogen) atoms. The first-order chi connectivity index (χ1) is 15.5. The lowest BCUT2D eigenvalue weighted by molar-refractivity contribution is -0.113. The molecule has 0 atom stereocenters. The van der Waals surface area contributed by atoms with E-state index in [9.17, 15) is 9.18 Å². The molecule has 1 amide bonds. The molecule has 0 fully saturated rings. The zero-order chi connectivity index (χ0) is 22.7. The molecule has 0 unspecified atom stereocenters. The number of ether oxygens (including phenoxy) is 3. The van der Waals surface area contributed by atoms with Crippen molar-refractivity contribution in [2.45, 2.75) is 0 Å². The summed E-state index contributed by atoms with van der Waals surface area (Å²) >= 11 is 0. The molecule has 0 aromatic heterocycles. The van der Waals surface area contributed by atoms with Gasteiger partial charge in [0.1, 0.15) is 28.8 Å². The summed E-state index contributed by atoms with van der Waals surface area (Å²) in [5.41, 5.74) is 2.00. The predicted molar refractivity (Wildman–Crippen MR) is 121 cm³/mol. The summed E-state index contributed by atoms with van der Waals surface area (Å²) < 4.78 is 29.7. The lowest BCUT2D eigenvalue weighted by atomic mass is 10.1. The Balaban J connectivity index is 1.86. The van der Waals surface area contributed by atoms with Crippen molar-refractivity contribution in [2.75, 3.05) is 26.2 Å². The van der Waals surface area contributed by atoms with Gasteiger partial charge in [0.25, 0.3) is 5.91 Å². The molecule has 1 aliphatic rings. The van der Waals surface area contributed by atoms with Crippen LogP contribution >= 0.6 is 0 Å². The number of amidine groups is 1. The Labute approximate surface area is 185 Å². The molecule has 0 saturated heterocycles. The van der Waals surface area contributed by atoms with Crippen molar-refractivity contribution in [1.29, 1.82) is 0 Å². The summed E-state index contributed by atoms with van der Waals surface area (Å²) in [7, 11) is 4.66. The summed E-state index contributed by atoms with van der Waals surface area (Å²) in [6.45, 7) is 0. The predicted octanol–water partition coefficient (Wildman–Crippen LogP) is 4.69. The molecule has 6 nitrogen and oxygen atoms in total. The minimum atomic E-state index is -0.394. The van der Waals surface area contributed by atoms with Gasteiger partial charge in [0, 0.05) is 11.6 Å². The molecule has 7 heteroatoms. The summed E-state index contributed by atoms with van der Waals surface area (Å²) in [4.78, 5) is 19.5. The third-order valence-electron chi connectivity index (χ3n) is 5.03. The van der Waals surface area contributed by atoms with Crippen molar-refractivity contribution in [3.8, 4) is 17.2 Å². The number of carbonyl (C=O) groups is 1. The number of halogens is 1. The van der Waals surface area contributed by atoms with Crippen LogP contribution in [0.4, 0.5) is 10.1 Å². The zero-order valence-electron chi connectivity index (χ0n) is 17.8. The molecule has 0 N–H and O–H groups in total. The largest absolute Gasteiger partial charge is 0.497 e. The van der Waals surface area contributed by atoms with Crippen molar-refractivity contribution in [2.24, 2.45) is 4.99 Å². The van der Waals surface area contributed by atoms with E-state index in [2.05, 4.69) is 4.99 Å². The number of carbonyl (C=O) groups excluding carboxylic acids is 1. The third kappa shape index (κ3) is 3.92. The number of rotatable bonds is 6. The lowest BCUT2D eigenvalue weighted by Gasteiger charge is -2.19. The standard InChI is InChI=1S/C25H21FN2O4/c1-30-19-13-8-16(23(15-19)32-3)14-21-25(29)28(18-11-9-17(26)10-12-18)24(27-21)20-6-4-5-7-22(20)31-2/h4-15H,1-3H3/b21-14+. The first kappa shape index (κ1) is 21.1. The average molecular weight is 432 g/mol. The Morgan fingerprint density at radius 1 is 0.875 bits per heavy atom. The highest BCUT2D eigenvalue weighted by Crippen LogP contribution is 2.33. The number of methoxy groups -OCH3 is 3. The van der Waals surface area contributed by atoms with Crippen LogP contribution in [-0.4, -0.2) is 33.1 Å². The first-order valence-corrected chi connectivity index (χ1v) is 9.81. The van der Waals surface area contributed by atoms with Crippen molar-refractivity contribution >= 4 is 23.5 Å². The van der Waals surface area contributed by atoms with Gasteiger partial charge in [-0.3, -0.25) is 9.69 Å². The molecular formula is C25H21FN2O4. The fourth-order valence-electron chi connectivity index (χ4n) is 3.44. The maximum Gasteiger partial charge on any atom is 0.282 e. The topological polar surface area (TPSA) is 60.4 Å². The summed E-state index contributed by atoms with van der Waals surface area (Å²) in [5.74, 6) is 1.38. The van der Waals surface area contributed by atoms with Crippen molar-refractivity contribution in [3.05, 3.63) is 89.4 Å². The van der Waals surface area contributed by atoms with Crippen LogP contribution < -0.4 is 19.1 Å². The van der Waals surface area contributed by atoms with Gasteiger partial charge in [-0.15, -0.1) is 0 Å². The van der Waals surface area contributed by atoms with E-state index in [-0.39, 0.29) is 11.6 Å². The number of nitrogens with zero attached hydrogens (tertiary/aromatic N) is 2. The second-order valence-corrected chi connectivity index (χ2v) is 6.89. The molecule has 0 spiro atoms. The van der Waals surface area contributed by atoms with Crippen LogP contribution in [0.1, 0.15) is 11.1 Å². The van der Waals surface area contributed by atoms with Crippen LogP contribution in [-0.2, 0) is 4.79 Å². The second kappa shape index (κ2) is 8.93. The van der Waals surface area contributed by atoms with E-state index >= 15 is 0 Å². The molecule has 3 aromatic carbocycles. The average Bonchev–Trinajstić information content (AvgIpc) is 3.15. The molecule has 3 aromatic rings. The monoisotopic (exact) mass is 432 g/mol. The number of anilines is 1. The molecule has 0 saturated carbocycles. The van der Waals surface area contributed by atoms with Crippen LogP contribution in [0.3, 0.4) is 0 Å². The number of benzene rings is 3. The number of hydrogen-bond acceptors (Lipinski definition) is 5. The highest BCUT2D eigenvalue weighted by Gasteiger charge is 2.34. The van der Waals surface area contributed by atoms with E-state index in [1.165, 1.54) is 29.2 Å². The Morgan fingerprint density at radius 2 is 1.59 bits per heavy atom. The fraction of sp³-hybridized carbons (Fsp3) is 0.120. The molecule has 0 aliphatic carbocycles. The molecule has 162 valence electrons. The number of hydrogen-bond donors (Lipinski definition) is 0. The van der Waals surface area contributed by atoms with Gasteiger partial charge in [-0.2, -0.15) is 0 Å². The Hall–Kier alpha value is -4.13. The summed E-state index contributed by atoms with van der Waals surface area (Å²) in [5, 5.41) is 0. The molecule has 0 bridgehead atoms. The van der Waals surface area contributed by atoms with Gasteiger partial charge in [0.05, 0.1) is 32.6 Å². The zero-order valence-corrected chi connectivity index (χ0v) is 17.8.